The van der Waals surface area contributed by atoms with Gasteiger partial charge in [0.1, 0.15) is 0 Å². The zero-order valence-corrected chi connectivity index (χ0v) is 16.2. The van der Waals surface area contributed by atoms with E-state index in [0.29, 0.717) is 13.0 Å². The first-order valence-corrected chi connectivity index (χ1v) is 9.69. The molecule has 1 unspecified atom stereocenters. The normalized spacial score (nSPS) is 22.7. The van der Waals surface area contributed by atoms with Crippen LogP contribution in [0.25, 0.3) is 0 Å². The second-order valence-corrected chi connectivity index (χ2v) is 8.68. The number of carbonyl (C=O) groups excluding carboxylic acids is 2. The average molecular weight is 357 g/mol. The van der Waals surface area contributed by atoms with Gasteiger partial charge in [0.15, 0.2) is 0 Å². The summed E-state index contributed by atoms with van der Waals surface area (Å²) in [6.45, 7) is 9.47. The van der Waals surface area contributed by atoms with E-state index >= 15 is 0 Å². The van der Waals surface area contributed by atoms with Crippen LogP contribution in [0.2, 0.25) is 0 Å². The molecular weight excluding hydrogens is 326 g/mol. The highest BCUT2D eigenvalue weighted by Gasteiger charge is 2.39. The third kappa shape index (κ3) is 4.85. The van der Waals surface area contributed by atoms with Crippen LogP contribution >= 0.6 is 0 Å². The van der Waals surface area contributed by atoms with Crippen LogP contribution in [0.3, 0.4) is 0 Å². The van der Waals surface area contributed by atoms with E-state index in [0.717, 1.165) is 32.5 Å². The molecule has 3 rings (SSSR count). The molecule has 1 aromatic rings. The predicted molar refractivity (Wildman–Crippen MR) is 102 cm³/mol. The van der Waals surface area contributed by atoms with E-state index in [-0.39, 0.29) is 29.3 Å². The fourth-order valence-corrected chi connectivity index (χ4v) is 3.96. The first-order valence-electron chi connectivity index (χ1n) is 9.69. The number of rotatable bonds is 4. The summed E-state index contributed by atoms with van der Waals surface area (Å²) in [5, 5.41) is 3.01. The van der Waals surface area contributed by atoms with E-state index < -0.39 is 0 Å². The van der Waals surface area contributed by atoms with Gasteiger partial charge < -0.3 is 10.2 Å². The first kappa shape index (κ1) is 18.9. The molecule has 2 aliphatic rings. The Bertz CT molecular complexity index is 630. The molecule has 0 aromatic heterocycles. The minimum absolute atomic E-state index is 0.00913. The molecule has 2 aliphatic heterocycles. The van der Waals surface area contributed by atoms with Crippen LogP contribution in [-0.4, -0.2) is 52.8 Å². The van der Waals surface area contributed by atoms with Gasteiger partial charge in [0, 0.05) is 44.2 Å². The van der Waals surface area contributed by atoms with E-state index in [1.807, 2.05) is 31.7 Å². The van der Waals surface area contributed by atoms with Gasteiger partial charge >= 0.3 is 0 Å². The Balaban J connectivity index is 1.50. The molecule has 2 heterocycles. The summed E-state index contributed by atoms with van der Waals surface area (Å²) in [7, 11) is 0. The van der Waals surface area contributed by atoms with Crippen LogP contribution in [-0.2, 0) is 16.1 Å². The van der Waals surface area contributed by atoms with E-state index in [2.05, 4.69) is 34.5 Å². The van der Waals surface area contributed by atoms with Gasteiger partial charge in [-0.2, -0.15) is 0 Å². The Morgan fingerprint density at radius 2 is 1.81 bits per heavy atom. The molecule has 26 heavy (non-hydrogen) atoms. The zero-order chi connectivity index (χ0) is 18.7. The number of hydrogen-bond donors (Lipinski definition) is 1. The van der Waals surface area contributed by atoms with Crippen molar-refractivity contribution < 1.29 is 9.59 Å². The van der Waals surface area contributed by atoms with Crippen molar-refractivity contribution in [1.82, 2.24) is 15.1 Å². The van der Waals surface area contributed by atoms with Gasteiger partial charge in [0.25, 0.3) is 0 Å². The third-order valence-corrected chi connectivity index (χ3v) is 5.27. The molecule has 0 aliphatic carbocycles. The summed E-state index contributed by atoms with van der Waals surface area (Å²) in [5.41, 5.74) is 1.08. The number of likely N-dealkylation sites (tertiary alicyclic amines) is 2. The van der Waals surface area contributed by atoms with Crippen molar-refractivity contribution in [3.05, 3.63) is 35.9 Å². The number of piperidine rings is 1. The maximum Gasteiger partial charge on any atom is 0.225 e. The van der Waals surface area contributed by atoms with Crippen molar-refractivity contribution in [2.24, 2.45) is 5.92 Å². The van der Waals surface area contributed by atoms with Gasteiger partial charge in [-0.1, -0.05) is 30.3 Å². The average Bonchev–Trinajstić information content (AvgIpc) is 2.97. The van der Waals surface area contributed by atoms with Gasteiger partial charge in [0.05, 0.1) is 5.92 Å². The standard InChI is InChI=1S/C21H31N3O2/c1-21(2,3)22-20(26)17-13-19(25)24(15-17)18-9-11-23(12-10-18)14-16-7-5-4-6-8-16/h4-8,17-18H,9-15H2,1-3H3,(H,22,26). The Morgan fingerprint density at radius 1 is 1.15 bits per heavy atom. The molecule has 2 fully saturated rings. The number of amides is 2. The highest BCUT2D eigenvalue weighted by Crippen LogP contribution is 2.26. The fraction of sp³-hybridized carbons (Fsp3) is 0.619. The molecule has 1 atom stereocenters. The molecular formula is C21H31N3O2. The van der Waals surface area contributed by atoms with E-state index in [1.165, 1.54) is 5.56 Å². The number of benzene rings is 1. The molecule has 1 aromatic carbocycles. The second-order valence-electron chi connectivity index (χ2n) is 8.68. The lowest BCUT2D eigenvalue weighted by Gasteiger charge is -2.37. The van der Waals surface area contributed by atoms with Crippen LogP contribution in [0, 0.1) is 5.92 Å². The zero-order valence-electron chi connectivity index (χ0n) is 16.2. The van der Waals surface area contributed by atoms with Crippen molar-refractivity contribution in [3.63, 3.8) is 0 Å². The monoisotopic (exact) mass is 357 g/mol. The van der Waals surface area contributed by atoms with Gasteiger partial charge in [-0.15, -0.1) is 0 Å². The quantitative estimate of drug-likeness (QED) is 0.900. The molecule has 142 valence electrons. The molecule has 5 heteroatoms. The van der Waals surface area contributed by atoms with Crippen LogP contribution in [0.5, 0.6) is 0 Å². The molecule has 0 spiro atoms. The molecule has 2 amide bonds. The molecule has 1 N–H and O–H groups in total. The van der Waals surface area contributed by atoms with Crippen molar-refractivity contribution in [3.8, 4) is 0 Å². The largest absolute Gasteiger partial charge is 0.351 e. The molecule has 0 bridgehead atoms. The second kappa shape index (κ2) is 7.78. The minimum atomic E-state index is -0.254. The Morgan fingerprint density at radius 3 is 2.42 bits per heavy atom. The molecule has 0 radical (unpaired) electrons. The van der Waals surface area contributed by atoms with Crippen LogP contribution < -0.4 is 5.32 Å². The number of nitrogens with zero attached hydrogens (tertiary/aromatic N) is 2. The third-order valence-electron chi connectivity index (χ3n) is 5.27. The predicted octanol–water partition coefficient (Wildman–Crippen LogP) is 2.41. The smallest absolute Gasteiger partial charge is 0.225 e. The highest BCUT2D eigenvalue weighted by molar-refractivity contribution is 5.89. The van der Waals surface area contributed by atoms with Crippen molar-refractivity contribution in [2.45, 2.75) is 58.2 Å². The van der Waals surface area contributed by atoms with Crippen LogP contribution in [0.1, 0.15) is 45.6 Å². The summed E-state index contributed by atoms with van der Waals surface area (Å²) in [5.74, 6) is -0.0560. The first-order chi connectivity index (χ1) is 12.3. The topological polar surface area (TPSA) is 52.7 Å². The number of carbonyl (C=O) groups is 2. The summed E-state index contributed by atoms with van der Waals surface area (Å²) in [6, 6.07) is 10.8. The van der Waals surface area contributed by atoms with E-state index in [4.69, 9.17) is 0 Å². The maximum absolute atomic E-state index is 12.5. The van der Waals surface area contributed by atoms with Crippen molar-refractivity contribution in [1.29, 1.82) is 0 Å². The number of nitrogens with one attached hydrogen (secondary N) is 1. The minimum Gasteiger partial charge on any atom is -0.351 e. The summed E-state index contributed by atoms with van der Waals surface area (Å²) in [4.78, 5) is 29.3. The lowest BCUT2D eigenvalue weighted by atomic mass is 10.0. The Kier molecular flexibility index (Phi) is 5.66. The Hall–Kier alpha value is -1.88. The lowest BCUT2D eigenvalue weighted by molar-refractivity contribution is -0.131. The fourth-order valence-electron chi connectivity index (χ4n) is 3.96. The van der Waals surface area contributed by atoms with Gasteiger partial charge in [-0.25, -0.2) is 0 Å². The van der Waals surface area contributed by atoms with Crippen LogP contribution in [0.15, 0.2) is 30.3 Å². The number of hydrogen-bond acceptors (Lipinski definition) is 3. The maximum atomic E-state index is 12.5. The Labute approximate surface area is 156 Å². The summed E-state index contributed by atoms with van der Waals surface area (Å²) in [6.07, 6.45) is 2.34. The van der Waals surface area contributed by atoms with E-state index in [1.54, 1.807) is 0 Å². The van der Waals surface area contributed by atoms with Crippen molar-refractivity contribution in [2.75, 3.05) is 19.6 Å². The SMILES string of the molecule is CC(C)(C)NC(=O)C1CC(=O)N(C2CCN(Cc3ccccc3)CC2)C1. The van der Waals surface area contributed by atoms with Gasteiger partial charge in [-0.3, -0.25) is 14.5 Å². The van der Waals surface area contributed by atoms with Crippen LogP contribution in [0.4, 0.5) is 0 Å². The molecule has 5 nitrogen and oxygen atoms in total. The van der Waals surface area contributed by atoms with Gasteiger partial charge in [-0.05, 0) is 39.2 Å². The van der Waals surface area contributed by atoms with E-state index in [9.17, 15) is 9.59 Å². The molecule has 0 saturated carbocycles. The highest BCUT2D eigenvalue weighted by atomic mass is 16.2. The summed E-state index contributed by atoms with van der Waals surface area (Å²) >= 11 is 0. The van der Waals surface area contributed by atoms with Gasteiger partial charge in [0.2, 0.25) is 11.8 Å². The molecule has 2 saturated heterocycles. The lowest BCUT2D eigenvalue weighted by Crippen LogP contribution is -2.47. The summed E-state index contributed by atoms with van der Waals surface area (Å²) < 4.78 is 0. The van der Waals surface area contributed by atoms with Crippen molar-refractivity contribution >= 4 is 11.8 Å².